The molecule has 6 aromatic heterocycles. The monoisotopic (exact) mass is 1300 g/mol. The van der Waals surface area contributed by atoms with Gasteiger partial charge in [0.1, 0.15) is 54.6 Å². The van der Waals surface area contributed by atoms with E-state index in [1.807, 2.05) is 0 Å². The summed E-state index contributed by atoms with van der Waals surface area (Å²) < 4.78 is 126. The van der Waals surface area contributed by atoms with Gasteiger partial charge in [-0.05, 0) is 0 Å². The van der Waals surface area contributed by atoms with Gasteiger partial charge in [0.2, 0.25) is 23.6 Å². The second-order valence-corrected chi connectivity index (χ2v) is 26.3. The van der Waals surface area contributed by atoms with E-state index < -0.39 is 156 Å². The third kappa shape index (κ3) is 13.2. The van der Waals surface area contributed by atoms with Crippen molar-refractivity contribution in [2.24, 2.45) is 13.0 Å². The first-order valence-corrected chi connectivity index (χ1v) is 31.2. The highest BCUT2D eigenvalue weighted by Crippen LogP contribution is 2.71. The first kappa shape index (κ1) is 63.0. The van der Waals surface area contributed by atoms with Crippen molar-refractivity contribution in [3.63, 3.8) is 0 Å². The number of hydrogen-bond acceptors (Lipinski definition) is 31. The number of nitrogens with one attached hydrogen (secondary N) is 2. The fourth-order valence-corrected chi connectivity index (χ4v) is 15.1. The first-order valence-electron chi connectivity index (χ1n) is 23.7. The van der Waals surface area contributed by atoms with Crippen LogP contribution >= 0.6 is 39.1 Å². The molecule has 84 heavy (non-hydrogen) atoms. The summed E-state index contributed by atoms with van der Waals surface area (Å²) in [5, 5.41) is 33.2. The van der Waals surface area contributed by atoms with Crippen molar-refractivity contribution < 1.29 is 122 Å². The zero-order chi connectivity index (χ0) is 61.3. The Kier molecular flexibility index (Phi) is 17.7. The minimum Gasteiger partial charge on any atom is -0.387 e. The molecule has 3 aliphatic rings. The molecular weight excluding hydrogens is 1240 g/mol. The number of aliphatic hydroxyl groups is 3. The summed E-state index contributed by atoms with van der Waals surface area (Å²) in [5.41, 5.74) is 15.3. The van der Waals surface area contributed by atoms with E-state index in [2.05, 4.69) is 52.8 Å². The minimum atomic E-state index is -6.48. The Hall–Kier alpha value is -5.49. The molecule has 6 aromatic rings. The van der Waals surface area contributed by atoms with Crippen LogP contribution < -0.4 is 32.9 Å². The number of imidazole rings is 3. The van der Waals surface area contributed by atoms with Gasteiger partial charge in [-0.2, -0.15) is 17.9 Å². The largest absolute Gasteiger partial charge is 0.490 e. The number of nitrogens with zero attached hydrogens (tertiary/aromatic N) is 11. The Labute approximate surface area is 466 Å². The molecule has 16 N–H and O–H groups in total. The lowest BCUT2D eigenvalue weighted by molar-refractivity contribution is -0.745. The molecule has 9 heterocycles. The van der Waals surface area contributed by atoms with Crippen LogP contribution in [0.2, 0.25) is 0 Å². The zero-order valence-corrected chi connectivity index (χ0v) is 47.8. The van der Waals surface area contributed by atoms with E-state index in [0.717, 1.165) is 40.1 Å². The summed E-state index contributed by atoms with van der Waals surface area (Å²) in [6, 6.07) is 0. The number of anilines is 3. The fourth-order valence-electron chi connectivity index (χ4n) is 9.16. The molecule has 462 valence electrons. The lowest BCUT2D eigenvalue weighted by Gasteiger charge is -2.26. The van der Waals surface area contributed by atoms with Crippen molar-refractivity contribution in [3.8, 4) is 0 Å². The summed E-state index contributed by atoms with van der Waals surface area (Å²) in [4.78, 5) is 121. The lowest BCUT2D eigenvalue weighted by Crippen LogP contribution is -2.45. The van der Waals surface area contributed by atoms with E-state index >= 15 is 0 Å². The number of phosphoric ester groups is 3. The van der Waals surface area contributed by atoms with E-state index in [9.17, 15) is 77.0 Å². The predicted octanol–water partition coefficient (Wildman–Crippen LogP) is -3.86. The average molecular weight is 1300 g/mol. The van der Waals surface area contributed by atoms with E-state index in [4.69, 9.17) is 54.2 Å². The molecule has 43 nitrogen and oxygen atoms in total. The van der Waals surface area contributed by atoms with Crippen molar-refractivity contribution in [3.05, 3.63) is 46.0 Å². The number of fused-ring (bicyclic) bond motifs is 3. The van der Waals surface area contributed by atoms with Crippen LogP contribution in [-0.2, 0) is 84.6 Å². The Morgan fingerprint density at radius 2 is 1.25 bits per heavy atom. The van der Waals surface area contributed by atoms with Gasteiger partial charge >= 0.3 is 44.8 Å². The van der Waals surface area contributed by atoms with Crippen molar-refractivity contribution in [2.45, 2.75) is 73.9 Å². The number of amides is 1. The van der Waals surface area contributed by atoms with Crippen molar-refractivity contribution in [1.29, 1.82) is 0 Å². The number of phosphoric acid groups is 5. The number of aromatic amines is 2. The molecule has 6 unspecified atom stereocenters. The van der Waals surface area contributed by atoms with Crippen molar-refractivity contribution in [2.75, 3.05) is 58.2 Å². The highest BCUT2D eigenvalue weighted by molar-refractivity contribution is 7.69. The van der Waals surface area contributed by atoms with Crippen LogP contribution in [0.4, 0.5) is 17.7 Å². The highest BCUT2D eigenvalue weighted by atomic mass is 31.3. The Morgan fingerprint density at radius 1 is 0.690 bits per heavy atom. The van der Waals surface area contributed by atoms with E-state index in [1.165, 1.54) is 36.6 Å². The fraction of sp³-hybridized carbons (Fsp3) is 0.556. The number of hydrogen-bond donors (Lipinski definition) is 13. The van der Waals surface area contributed by atoms with Gasteiger partial charge in [-0.3, -0.25) is 56.1 Å². The van der Waals surface area contributed by atoms with Crippen LogP contribution in [0.5, 0.6) is 0 Å². The number of carbonyl (C=O) groups excluding carboxylic acids is 1. The maximum Gasteiger partial charge on any atom is 0.490 e. The number of aromatic nitrogens is 12. The topological polar surface area (TPSA) is 609 Å². The van der Waals surface area contributed by atoms with Gasteiger partial charge in [-0.25, -0.2) is 47.3 Å². The van der Waals surface area contributed by atoms with Crippen LogP contribution in [0.3, 0.4) is 0 Å². The number of aryl methyl sites for hydroxylation is 1. The van der Waals surface area contributed by atoms with Gasteiger partial charge < -0.3 is 80.8 Å². The molecule has 0 aliphatic carbocycles. The van der Waals surface area contributed by atoms with E-state index in [0.29, 0.717) is 0 Å². The number of H-pyrrole nitrogens is 2. The smallest absolute Gasteiger partial charge is 0.387 e. The standard InChI is InChI=1S/C36H51N16O27P5/c1-48(2)17(53)5-13-14(73-32(21(13)54)52-12-49(3)20-29(52)45-36(39)47-31(20)58)6-71-81(61,62)77-83(65,66)79-84(67,68)78-82(63,64)72-8-16-24(25(69-4)34(75-16)50-10-42-18-26(37)40-9-41-27(18)50)76-80(59,60)70-7-15-22(55)23(56)33(74-15)51-11-43-19-28(51)44-35(38)46-30(19)57/h9-16,21-25,32-34,54-56H,5-8H2,1-4H3,(H12-,37,38,39,40,41,44,45,46,47,57,58,59,60,61,62,63,64,65,66,67,68)/p+1/t13-,14-,15-,16-,21-,22-,23-,24-,25-,32?,33-,34-/m1/s1. The predicted molar refractivity (Wildman–Crippen MR) is 271 cm³/mol. The van der Waals surface area contributed by atoms with Crippen molar-refractivity contribution >= 4 is 96.2 Å². The number of aliphatic hydroxyl groups excluding tert-OH is 3. The molecule has 3 fully saturated rings. The Bertz CT molecular complexity index is 3860. The SMILES string of the molecule is CO[C@@H]1[C@H](OP(=O)(O)OC[C@H]2O[C@@H](n3cnc4c(=O)[nH]c(N)nc43)[C@H](O)[C@@H]2O)[C@@H](COP(=O)(O)OP(=O)(O)OP(=O)(O)OP(=O)(O)OC[C@H]2OC([n+]3cn(C)c4c(=O)[nH]c(N)nc43)[C@H](O)[C@@H]2CC(=O)N(C)C)O[C@H]1n1cnc2c(N)ncnc21. The molecule has 3 aliphatic heterocycles. The Morgan fingerprint density at radius 3 is 1.89 bits per heavy atom. The minimum absolute atomic E-state index is 0.00986. The summed E-state index contributed by atoms with van der Waals surface area (Å²) in [6.45, 7) is -3.51. The van der Waals surface area contributed by atoms with Crippen LogP contribution in [0.1, 0.15) is 25.1 Å². The van der Waals surface area contributed by atoms with E-state index in [1.54, 1.807) is 0 Å². The number of rotatable bonds is 23. The van der Waals surface area contributed by atoms with Crippen LogP contribution in [0.25, 0.3) is 33.5 Å². The number of nitrogens with two attached hydrogens (primary N) is 3. The molecule has 0 bridgehead atoms. The molecule has 0 aromatic carbocycles. The second kappa shape index (κ2) is 23.7. The number of methoxy groups -OCH3 is 1. The molecule has 1 amide bonds. The third-order valence-corrected chi connectivity index (χ3v) is 19.7. The molecule has 9 rings (SSSR count). The normalized spacial score (nSPS) is 29.2. The molecule has 48 heteroatoms. The summed E-state index contributed by atoms with van der Waals surface area (Å²) in [5.74, 6) is -2.66. The summed E-state index contributed by atoms with van der Waals surface area (Å²) in [7, 11) is -25.3. The summed E-state index contributed by atoms with van der Waals surface area (Å²) in [6.07, 6.45) is -14.6. The first-order chi connectivity index (χ1) is 39.2. The van der Waals surface area contributed by atoms with Gasteiger partial charge in [0.15, 0.2) is 41.4 Å². The van der Waals surface area contributed by atoms with Gasteiger partial charge in [0.25, 0.3) is 17.1 Å². The second-order valence-electron chi connectivity index (χ2n) is 18.7. The van der Waals surface area contributed by atoms with Crippen LogP contribution in [0.15, 0.2) is 34.9 Å². The molecule has 0 radical (unpaired) electrons. The average Bonchev–Trinajstić information content (AvgIpc) is 2.06. The molecular formula is C36H52N16O27P5+. The van der Waals surface area contributed by atoms with Crippen LogP contribution in [0, 0.1) is 5.92 Å². The maximum atomic E-state index is 13.7. The van der Waals surface area contributed by atoms with Crippen molar-refractivity contribution in [1.82, 2.24) is 58.5 Å². The quantitative estimate of drug-likeness (QED) is 0.0216. The highest BCUT2D eigenvalue weighted by Gasteiger charge is 2.54. The number of nitrogen functional groups attached to an aromatic ring is 3. The van der Waals surface area contributed by atoms with Gasteiger partial charge in [0.05, 0.1) is 45.6 Å². The zero-order valence-electron chi connectivity index (χ0n) is 43.3. The van der Waals surface area contributed by atoms with Gasteiger partial charge in [-0.15, -0.1) is 0 Å². The lowest BCUT2D eigenvalue weighted by atomic mass is 9.94. The summed E-state index contributed by atoms with van der Waals surface area (Å²) >= 11 is 0. The molecule has 0 saturated carbocycles. The molecule has 17 atom stereocenters. The molecule has 3 saturated heterocycles. The molecule has 0 spiro atoms. The third-order valence-electron chi connectivity index (χ3n) is 12.9. The van der Waals surface area contributed by atoms with Gasteiger partial charge in [0, 0.05) is 33.5 Å². The Balaban J connectivity index is 0.860. The van der Waals surface area contributed by atoms with Gasteiger partial charge in [-0.1, -0.05) is 4.98 Å². The number of ether oxygens (including phenoxy) is 4. The van der Waals surface area contributed by atoms with E-state index in [-0.39, 0.29) is 51.2 Å². The van der Waals surface area contributed by atoms with Crippen LogP contribution in [-0.4, -0.2) is 194 Å². The number of carbonyl (C=O) groups is 1. The maximum absolute atomic E-state index is 13.7.